The van der Waals surface area contributed by atoms with Gasteiger partial charge in [0.2, 0.25) is 0 Å². The number of fused-ring (bicyclic) bond motifs is 1. The van der Waals surface area contributed by atoms with E-state index in [4.69, 9.17) is 5.73 Å². The number of anilines is 3. The fourth-order valence-corrected chi connectivity index (χ4v) is 4.14. The van der Waals surface area contributed by atoms with Crippen LogP contribution in [0.15, 0.2) is 97.1 Å². The molecule has 0 aliphatic carbocycles. The predicted octanol–water partition coefficient (Wildman–Crippen LogP) is 6.48. The van der Waals surface area contributed by atoms with Crippen molar-refractivity contribution >= 4 is 23.1 Å². The smallest absolute Gasteiger partial charge is 0.139 e. The summed E-state index contributed by atoms with van der Waals surface area (Å²) in [7, 11) is 0. The van der Waals surface area contributed by atoms with E-state index in [9.17, 15) is 10.2 Å². The van der Waals surface area contributed by atoms with Crippen molar-refractivity contribution in [1.82, 2.24) is 0 Å². The molecule has 184 valence electrons. The van der Waals surface area contributed by atoms with Crippen LogP contribution in [0.1, 0.15) is 29.7 Å². The molecule has 1 aliphatic rings. The van der Waals surface area contributed by atoms with E-state index in [2.05, 4.69) is 90.4 Å². The zero-order valence-corrected chi connectivity index (χ0v) is 20.5. The lowest BCUT2D eigenvalue weighted by molar-refractivity contribution is 0.186. The van der Waals surface area contributed by atoms with E-state index in [1.165, 1.54) is 16.7 Å². The molecule has 4 aromatic rings. The Hall–Kier alpha value is -4.06. The van der Waals surface area contributed by atoms with Crippen LogP contribution in [-0.2, 0) is 6.42 Å². The first-order valence-corrected chi connectivity index (χ1v) is 12.2. The van der Waals surface area contributed by atoms with E-state index in [1.54, 1.807) is 12.1 Å². The van der Waals surface area contributed by atoms with Crippen LogP contribution >= 0.6 is 0 Å². The fraction of sp³-hybridized carbons (Fsp3) is 0.161. The van der Waals surface area contributed by atoms with Crippen molar-refractivity contribution in [2.75, 3.05) is 23.7 Å². The van der Waals surface area contributed by atoms with Crippen molar-refractivity contribution in [3.8, 4) is 16.9 Å². The Balaban J connectivity index is 0.000000179. The average Bonchev–Trinajstić information content (AvgIpc) is 2.94. The molecule has 0 radical (unpaired) electrons. The Morgan fingerprint density at radius 3 is 2.36 bits per heavy atom. The molecule has 5 nitrogen and oxygen atoms in total. The van der Waals surface area contributed by atoms with Gasteiger partial charge in [-0.1, -0.05) is 79.7 Å². The number of phenolic OH excluding ortho intramolecular Hbond substituents is 1. The monoisotopic (exact) mass is 479 g/mol. The highest BCUT2D eigenvalue weighted by Gasteiger charge is 2.17. The van der Waals surface area contributed by atoms with E-state index in [0.29, 0.717) is 12.2 Å². The molecule has 36 heavy (non-hydrogen) atoms. The first-order valence-electron chi connectivity index (χ1n) is 12.2. The Bertz CT molecular complexity index is 1300. The minimum atomic E-state index is -0.691. The summed E-state index contributed by atoms with van der Waals surface area (Å²) in [6, 6.07) is 30.8. The molecule has 5 heteroatoms. The summed E-state index contributed by atoms with van der Waals surface area (Å²) >= 11 is 0. The third-order valence-electron chi connectivity index (χ3n) is 6.14. The molecular formula is C31H33N3O2. The second-order valence-electron chi connectivity index (χ2n) is 8.62. The number of aliphatic hydroxyl groups is 1. The average molecular weight is 480 g/mol. The van der Waals surface area contributed by atoms with Crippen LogP contribution < -0.4 is 16.4 Å². The molecule has 0 spiro atoms. The van der Waals surface area contributed by atoms with Crippen molar-refractivity contribution in [3.05, 3.63) is 114 Å². The van der Waals surface area contributed by atoms with Gasteiger partial charge in [0, 0.05) is 30.0 Å². The number of benzene rings is 4. The molecule has 0 saturated carbocycles. The SMILES string of the molecule is CCc1ccc(Nc2cccc(-c3ccccc3)c2)cc1.NCC(O)c1ccc(O)c2c1C=CCN2. The lowest BCUT2D eigenvalue weighted by Gasteiger charge is -2.20. The topological polar surface area (TPSA) is 90.5 Å². The van der Waals surface area contributed by atoms with Crippen molar-refractivity contribution in [2.24, 2.45) is 5.73 Å². The van der Waals surface area contributed by atoms with Crippen molar-refractivity contribution in [1.29, 1.82) is 0 Å². The van der Waals surface area contributed by atoms with Gasteiger partial charge in [0.05, 0.1) is 11.8 Å². The maximum atomic E-state index is 9.71. The summed E-state index contributed by atoms with van der Waals surface area (Å²) in [4.78, 5) is 0. The van der Waals surface area contributed by atoms with Gasteiger partial charge < -0.3 is 26.6 Å². The highest BCUT2D eigenvalue weighted by Crippen LogP contribution is 2.35. The van der Waals surface area contributed by atoms with E-state index in [1.807, 2.05) is 18.2 Å². The second kappa shape index (κ2) is 12.1. The second-order valence-corrected chi connectivity index (χ2v) is 8.62. The van der Waals surface area contributed by atoms with Crippen molar-refractivity contribution in [3.63, 3.8) is 0 Å². The van der Waals surface area contributed by atoms with Gasteiger partial charge in [0.15, 0.2) is 0 Å². The summed E-state index contributed by atoms with van der Waals surface area (Å²) in [6.45, 7) is 3.03. The molecule has 1 heterocycles. The van der Waals surface area contributed by atoms with Crippen LogP contribution in [0.3, 0.4) is 0 Å². The van der Waals surface area contributed by atoms with Gasteiger partial charge in [0.25, 0.3) is 0 Å². The highest BCUT2D eigenvalue weighted by atomic mass is 16.3. The van der Waals surface area contributed by atoms with Crippen LogP contribution in [0.4, 0.5) is 17.1 Å². The molecule has 0 fully saturated rings. The minimum Gasteiger partial charge on any atom is -0.506 e. The molecule has 0 bridgehead atoms. The number of rotatable bonds is 6. The zero-order valence-electron chi connectivity index (χ0n) is 20.5. The van der Waals surface area contributed by atoms with E-state index in [0.717, 1.165) is 28.9 Å². The summed E-state index contributed by atoms with van der Waals surface area (Å²) in [6.07, 6.45) is 4.21. The number of aromatic hydroxyl groups is 1. The number of hydrogen-bond donors (Lipinski definition) is 5. The number of hydrogen-bond acceptors (Lipinski definition) is 5. The molecule has 1 aliphatic heterocycles. The largest absolute Gasteiger partial charge is 0.506 e. The zero-order chi connectivity index (χ0) is 25.3. The maximum absolute atomic E-state index is 9.71. The van der Waals surface area contributed by atoms with Gasteiger partial charge in [0.1, 0.15) is 5.75 Å². The number of phenols is 1. The van der Waals surface area contributed by atoms with Gasteiger partial charge in [-0.2, -0.15) is 0 Å². The van der Waals surface area contributed by atoms with Gasteiger partial charge in [-0.25, -0.2) is 0 Å². The quantitative estimate of drug-likeness (QED) is 0.204. The Labute approximate surface area is 212 Å². The minimum absolute atomic E-state index is 0.172. The lowest BCUT2D eigenvalue weighted by Crippen LogP contribution is -2.15. The van der Waals surface area contributed by atoms with E-state index < -0.39 is 6.10 Å². The molecule has 4 aromatic carbocycles. The first-order chi connectivity index (χ1) is 17.6. The van der Waals surface area contributed by atoms with Crippen LogP contribution in [0.2, 0.25) is 0 Å². The van der Waals surface area contributed by atoms with Gasteiger partial charge in [-0.05, 0) is 59.0 Å². The number of nitrogens with two attached hydrogens (primary N) is 1. The van der Waals surface area contributed by atoms with Crippen LogP contribution in [-0.4, -0.2) is 23.3 Å². The molecule has 0 amide bonds. The first kappa shape index (κ1) is 25.0. The lowest BCUT2D eigenvalue weighted by atomic mass is 9.97. The standard InChI is InChI=1S/C20H19N.C11H14N2O2/c1-2-16-11-13-19(14-12-16)21-20-10-6-9-18(15-20)17-7-4-3-5-8-17;12-6-10(15)7-3-4-9(14)11-8(7)2-1-5-13-11/h3-15,21H,2H2,1H3;1-4,10,13-15H,5-6,12H2. The predicted molar refractivity (Wildman–Crippen MR) is 151 cm³/mol. The van der Waals surface area contributed by atoms with Gasteiger partial charge in [-0.3, -0.25) is 0 Å². The number of aliphatic hydroxyl groups excluding tert-OH is 1. The Morgan fingerprint density at radius 2 is 1.64 bits per heavy atom. The molecule has 6 N–H and O–H groups in total. The number of aryl methyl sites for hydroxylation is 1. The van der Waals surface area contributed by atoms with E-state index in [-0.39, 0.29) is 12.3 Å². The third-order valence-corrected chi connectivity index (χ3v) is 6.14. The molecule has 1 atom stereocenters. The van der Waals surface area contributed by atoms with Gasteiger partial charge >= 0.3 is 0 Å². The molecule has 0 aromatic heterocycles. The van der Waals surface area contributed by atoms with Crippen LogP contribution in [0.25, 0.3) is 17.2 Å². The van der Waals surface area contributed by atoms with Crippen molar-refractivity contribution < 1.29 is 10.2 Å². The van der Waals surface area contributed by atoms with Crippen molar-refractivity contribution in [2.45, 2.75) is 19.4 Å². The molecule has 1 unspecified atom stereocenters. The molecule has 0 saturated heterocycles. The molecule has 5 rings (SSSR count). The Morgan fingerprint density at radius 1 is 0.889 bits per heavy atom. The van der Waals surface area contributed by atoms with Crippen LogP contribution in [0, 0.1) is 0 Å². The summed E-state index contributed by atoms with van der Waals surface area (Å²) in [5.74, 6) is 0.197. The molecular weight excluding hydrogens is 446 g/mol. The summed E-state index contributed by atoms with van der Waals surface area (Å²) in [5.41, 5.74) is 13.7. The Kier molecular flexibility index (Phi) is 8.40. The van der Waals surface area contributed by atoms with Crippen LogP contribution in [0.5, 0.6) is 5.75 Å². The highest BCUT2D eigenvalue weighted by molar-refractivity contribution is 5.78. The number of nitrogens with one attached hydrogen (secondary N) is 2. The normalized spacial score (nSPS) is 12.5. The fourth-order valence-electron chi connectivity index (χ4n) is 4.14. The van der Waals surface area contributed by atoms with Gasteiger partial charge in [-0.15, -0.1) is 0 Å². The summed E-state index contributed by atoms with van der Waals surface area (Å²) in [5, 5.41) is 25.9. The third kappa shape index (κ3) is 6.13. The maximum Gasteiger partial charge on any atom is 0.139 e. The van der Waals surface area contributed by atoms with E-state index >= 15 is 0 Å². The summed E-state index contributed by atoms with van der Waals surface area (Å²) < 4.78 is 0.